The maximum atomic E-state index is 12.4. The molecule has 0 spiro atoms. The normalized spacial score (nSPS) is 13.1. The number of hydrogen-bond donors (Lipinski definition) is 2. The molecule has 3 rings (SSSR count). The van der Waals surface area contributed by atoms with E-state index in [0.29, 0.717) is 5.02 Å². The van der Waals surface area contributed by atoms with Gasteiger partial charge in [0, 0.05) is 21.8 Å². The van der Waals surface area contributed by atoms with E-state index in [0.717, 1.165) is 0 Å². The highest BCUT2D eigenvalue weighted by molar-refractivity contribution is 6.34. The molecule has 0 bridgehead atoms. The molecule has 2 aromatic carbocycles. The average Bonchev–Trinajstić information content (AvgIpc) is 2.38. The number of fused-ring (bicyclic) bond motifs is 2. The molecule has 0 atom stereocenters. The van der Waals surface area contributed by atoms with Crippen molar-refractivity contribution in [3.8, 4) is 5.75 Å². The number of halogens is 1. The number of nitrogen functional groups attached to an aromatic ring is 1. The third-order valence-corrected chi connectivity index (χ3v) is 3.38. The summed E-state index contributed by atoms with van der Waals surface area (Å²) < 4.78 is 0. The second kappa shape index (κ2) is 3.83. The minimum Gasteiger partial charge on any atom is -0.507 e. The Morgan fingerprint density at radius 2 is 1.63 bits per heavy atom. The number of phenolic OH excluding ortho intramolecular Hbond substituents is 1. The van der Waals surface area contributed by atoms with E-state index in [1.807, 2.05) is 0 Å². The molecule has 0 radical (unpaired) electrons. The lowest BCUT2D eigenvalue weighted by Gasteiger charge is -2.19. The molecular formula is C14H8ClNO3. The zero-order valence-corrected chi connectivity index (χ0v) is 10.4. The molecule has 5 heteroatoms. The van der Waals surface area contributed by atoms with Crippen molar-refractivity contribution in [2.75, 3.05) is 5.73 Å². The van der Waals surface area contributed by atoms with E-state index in [1.165, 1.54) is 30.3 Å². The first-order chi connectivity index (χ1) is 9.00. The van der Waals surface area contributed by atoms with Crippen molar-refractivity contribution in [2.45, 2.75) is 0 Å². The summed E-state index contributed by atoms with van der Waals surface area (Å²) in [5.74, 6) is -1.07. The zero-order valence-electron chi connectivity index (χ0n) is 9.61. The standard InChI is InChI=1S/C14H8ClNO3/c15-6-1-2-7-8(5-6)14(19)11-9(16)3-4-10(17)12(11)13(7)18/h1-5,17H,16H2. The van der Waals surface area contributed by atoms with Gasteiger partial charge in [-0.25, -0.2) is 0 Å². The first kappa shape index (κ1) is 11.7. The van der Waals surface area contributed by atoms with Crippen LogP contribution in [0.5, 0.6) is 5.75 Å². The largest absolute Gasteiger partial charge is 0.507 e. The quantitative estimate of drug-likeness (QED) is 0.487. The van der Waals surface area contributed by atoms with Gasteiger partial charge in [-0.1, -0.05) is 11.6 Å². The van der Waals surface area contributed by atoms with Crippen LogP contribution in [0, 0.1) is 0 Å². The van der Waals surface area contributed by atoms with Gasteiger partial charge in [-0.05, 0) is 30.3 Å². The molecule has 3 N–H and O–H groups in total. The summed E-state index contributed by atoms with van der Waals surface area (Å²) in [4.78, 5) is 24.7. The highest BCUT2D eigenvalue weighted by atomic mass is 35.5. The topological polar surface area (TPSA) is 80.4 Å². The van der Waals surface area contributed by atoms with Gasteiger partial charge in [-0.2, -0.15) is 0 Å². The fraction of sp³-hybridized carbons (Fsp3) is 0. The van der Waals surface area contributed by atoms with Crippen LogP contribution in [0.2, 0.25) is 5.02 Å². The highest BCUT2D eigenvalue weighted by Crippen LogP contribution is 2.36. The number of hydrogen-bond acceptors (Lipinski definition) is 4. The Balaban J connectivity index is 2.39. The summed E-state index contributed by atoms with van der Waals surface area (Å²) in [7, 11) is 0. The van der Waals surface area contributed by atoms with Crippen LogP contribution in [0.1, 0.15) is 31.8 Å². The second-order valence-corrected chi connectivity index (χ2v) is 4.71. The summed E-state index contributed by atoms with van der Waals surface area (Å²) in [5.41, 5.74) is 6.34. The third-order valence-electron chi connectivity index (χ3n) is 3.14. The van der Waals surface area contributed by atoms with E-state index < -0.39 is 11.6 Å². The minimum atomic E-state index is -0.425. The van der Waals surface area contributed by atoms with Crippen LogP contribution in [0.15, 0.2) is 30.3 Å². The number of carbonyl (C=O) groups is 2. The SMILES string of the molecule is Nc1ccc(O)c2c1C(=O)c1cc(Cl)ccc1C2=O. The number of carbonyl (C=O) groups excluding carboxylic acids is 2. The maximum Gasteiger partial charge on any atom is 0.198 e. The fourth-order valence-corrected chi connectivity index (χ4v) is 2.43. The molecule has 0 unspecified atom stereocenters. The second-order valence-electron chi connectivity index (χ2n) is 4.27. The van der Waals surface area contributed by atoms with Crippen molar-refractivity contribution in [2.24, 2.45) is 0 Å². The molecule has 0 aromatic heterocycles. The van der Waals surface area contributed by atoms with Crippen LogP contribution in [0.4, 0.5) is 5.69 Å². The number of anilines is 1. The molecule has 0 saturated heterocycles. The summed E-state index contributed by atoms with van der Waals surface area (Å²) in [6, 6.07) is 7.14. The molecule has 0 amide bonds. The Morgan fingerprint density at radius 1 is 0.947 bits per heavy atom. The Kier molecular flexibility index (Phi) is 2.37. The molecule has 0 aliphatic heterocycles. The summed E-state index contributed by atoms with van der Waals surface area (Å²) in [6.45, 7) is 0. The van der Waals surface area contributed by atoms with Gasteiger partial charge in [0.05, 0.1) is 11.1 Å². The molecule has 0 saturated carbocycles. The first-order valence-corrected chi connectivity index (χ1v) is 5.89. The van der Waals surface area contributed by atoms with Gasteiger partial charge in [0.25, 0.3) is 0 Å². The number of aromatic hydroxyl groups is 1. The Morgan fingerprint density at radius 3 is 2.37 bits per heavy atom. The molecule has 94 valence electrons. The van der Waals surface area contributed by atoms with Crippen molar-refractivity contribution in [3.63, 3.8) is 0 Å². The lowest BCUT2D eigenvalue weighted by atomic mass is 9.83. The number of ketones is 2. The first-order valence-electron chi connectivity index (χ1n) is 5.51. The van der Waals surface area contributed by atoms with Gasteiger partial charge in [0.1, 0.15) is 5.75 Å². The van der Waals surface area contributed by atoms with Crippen molar-refractivity contribution in [1.82, 2.24) is 0 Å². The molecule has 2 aromatic rings. The summed E-state index contributed by atoms with van der Waals surface area (Å²) in [5, 5.41) is 10.2. The molecule has 1 aliphatic rings. The molecule has 0 fully saturated rings. The lowest BCUT2D eigenvalue weighted by molar-refractivity contribution is 0.0977. The van der Waals surface area contributed by atoms with Crippen LogP contribution < -0.4 is 5.73 Å². The predicted molar refractivity (Wildman–Crippen MR) is 70.8 cm³/mol. The number of rotatable bonds is 0. The van der Waals surface area contributed by atoms with Crippen LogP contribution in [0.25, 0.3) is 0 Å². The molecule has 1 aliphatic carbocycles. The van der Waals surface area contributed by atoms with Crippen LogP contribution in [-0.2, 0) is 0 Å². The van der Waals surface area contributed by atoms with E-state index in [2.05, 4.69) is 0 Å². The van der Waals surface area contributed by atoms with Gasteiger partial charge in [0.2, 0.25) is 0 Å². The third kappa shape index (κ3) is 1.54. The Hall–Kier alpha value is -2.33. The Labute approximate surface area is 113 Å². The molecular weight excluding hydrogens is 266 g/mol. The van der Waals surface area contributed by atoms with Crippen molar-refractivity contribution in [1.29, 1.82) is 0 Å². The molecule has 0 heterocycles. The van der Waals surface area contributed by atoms with Crippen LogP contribution >= 0.6 is 11.6 Å². The van der Waals surface area contributed by atoms with E-state index >= 15 is 0 Å². The molecule has 4 nitrogen and oxygen atoms in total. The Bertz CT molecular complexity index is 753. The number of nitrogens with two attached hydrogens (primary N) is 1. The predicted octanol–water partition coefficient (Wildman–Crippen LogP) is 2.40. The highest BCUT2D eigenvalue weighted by Gasteiger charge is 2.33. The van der Waals surface area contributed by atoms with E-state index in [-0.39, 0.29) is 33.7 Å². The monoisotopic (exact) mass is 273 g/mol. The minimum absolute atomic E-state index is 0.0415. The lowest BCUT2D eigenvalue weighted by Crippen LogP contribution is -2.22. The van der Waals surface area contributed by atoms with Gasteiger partial charge < -0.3 is 10.8 Å². The van der Waals surface area contributed by atoms with Crippen molar-refractivity contribution in [3.05, 3.63) is 57.6 Å². The van der Waals surface area contributed by atoms with Crippen molar-refractivity contribution < 1.29 is 14.7 Å². The van der Waals surface area contributed by atoms with Crippen LogP contribution in [-0.4, -0.2) is 16.7 Å². The van der Waals surface area contributed by atoms with Gasteiger partial charge in [0.15, 0.2) is 11.6 Å². The number of benzene rings is 2. The van der Waals surface area contributed by atoms with Crippen molar-refractivity contribution >= 4 is 28.9 Å². The number of phenols is 1. The fourth-order valence-electron chi connectivity index (χ4n) is 2.25. The van der Waals surface area contributed by atoms with E-state index in [1.54, 1.807) is 0 Å². The van der Waals surface area contributed by atoms with E-state index in [4.69, 9.17) is 17.3 Å². The zero-order chi connectivity index (χ0) is 13.7. The summed E-state index contributed by atoms with van der Waals surface area (Å²) in [6.07, 6.45) is 0. The van der Waals surface area contributed by atoms with Gasteiger partial charge >= 0.3 is 0 Å². The van der Waals surface area contributed by atoms with Gasteiger partial charge in [-0.3, -0.25) is 9.59 Å². The summed E-state index contributed by atoms with van der Waals surface area (Å²) >= 11 is 5.84. The van der Waals surface area contributed by atoms with Gasteiger partial charge in [-0.15, -0.1) is 0 Å². The smallest absolute Gasteiger partial charge is 0.198 e. The van der Waals surface area contributed by atoms with E-state index in [9.17, 15) is 14.7 Å². The maximum absolute atomic E-state index is 12.4. The molecule has 19 heavy (non-hydrogen) atoms. The average molecular weight is 274 g/mol. The van der Waals surface area contributed by atoms with Crippen LogP contribution in [0.3, 0.4) is 0 Å².